The van der Waals surface area contributed by atoms with Crippen LogP contribution in [0.1, 0.15) is 29.8 Å². The van der Waals surface area contributed by atoms with Crippen molar-refractivity contribution in [1.82, 2.24) is 4.90 Å². The number of carbonyl (C=O) groups excluding carboxylic acids is 2. The number of amides is 1. The molecule has 0 aliphatic rings. The molecule has 0 unspecified atom stereocenters. The van der Waals surface area contributed by atoms with Crippen molar-refractivity contribution >= 4 is 23.5 Å². The van der Waals surface area contributed by atoms with Crippen molar-refractivity contribution in [2.45, 2.75) is 20.4 Å². The third-order valence-electron chi connectivity index (χ3n) is 4.09. The zero-order valence-electron chi connectivity index (χ0n) is 17.4. The second-order valence-electron chi connectivity index (χ2n) is 7.15. The zero-order chi connectivity index (χ0) is 22.3. The Bertz CT molecular complexity index is 903. The SMILES string of the molecule is COc1cc(C(=O)OCC(=O)N(C)Cc2cccc(F)c2)cc(Cl)c1OCC(C)C. The number of hydrogen-bond acceptors (Lipinski definition) is 5. The van der Waals surface area contributed by atoms with E-state index in [1.807, 2.05) is 13.8 Å². The first kappa shape index (κ1) is 23.5. The van der Waals surface area contributed by atoms with Gasteiger partial charge in [-0.15, -0.1) is 0 Å². The quantitative estimate of drug-likeness (QED) is 0.546. The molecule has 0 N–H and O–H groups in total. The minimum absolute atomic E-state index is 0.134. The smallest absolute Gasteiger partial charge is 0.338 e. The summed E-state index contributed by atoms with van der Waals surface area (Å²) in [6.07, 6.45) is 0. The normalized spacial score (nSPS) is 10.6. The maximum Gasteiger partial charge on any atom is 0.338 e. The Morgan fingerprint density at radius 3 is 2.57 bits per heavy atom. The Balaban J connectivity index is 1.99. The van der Waals surface area contributed by atoms with Crippen molar-refractivity contribution < 1.29 is 28.2 Å². The molecule has 0 spiro atoms. The summed E-state index contributed by atoms with van der Waals surface area (Å²) in [6.45, 7) is 4.15. The van der Waals surface area contributed by atoms with Crippen LogP contribution in [-0.4, -0.2) is 44.1 Å². The highest BCUT2D eigenvalue weighted by molar-refractivity contribution is 6.32. The van der Waals surface area contributed by atoms with Gasteiger partial charge in [-0.05, 0) is 35.7 Å². The molecule has 0 aromatic heterocycles. The van der Waals surface area contributed by atoms with Gasteiger partial charge < -0.3 is 19.1 Å². The number of halogens is 2. The van der Waals surface area contributed by atoms with E-state index in [2.05, 4.69) is 0 Å². The number of hydrogen-bond donors (Lipinski definition) is 0. The fraction of sp³-hybridized carbons (Fsp3) is 0.364. The van der Waals surface area contributed by atoms with Crippen LogP contribution in [0.3, 0.4) is 0 Å². The Hall–Kier alpha value is -2.80. The van der Waals surface area contributed by atoms with Gasteiger partial charge in [-0.1, -0.05) is 37.6 Å². The molecule has 0 saturated heterocycles. The van der Waals surface area contributed by atoms with Crippen LogP contribution < -0.4 is 9.47 Å². The van der Waals surface area contributed by atoms with Crippen molar-refractivity contribution in [3.63, 3.8) is 0 Å². The van der Waals surface area contributed by atoms with E-state index in [4.69, 9.17) is 25.8 Å². The second kappa shape index (κ2) is 10.8. The van der Waals surface area contributed by atoms with Crippen LogP contribution in [0.15, 0.2) is 36.4 Å². The topological polar surface area (TPSA) is 65.1 Å². The molecule has 0 saturated carbocycles. The molecule has 0 aliphatic carbocycles. The van der Waals surface area contributed by atoms with E-state index < -0.39 is 18.5 Å². The average Bonchev–Trinajstić information content (AvgIpc) is 2.69. The molecule has 8 heteroatoms. The molecule has 162 valence electrons. The number of rotatable bonds is 9. The second-order valence-corrected chi connectivity index (χ2v) is 7.56. The molecule has 0 bridgehead atoms. The van der Waals surface area contributed by atoms with Gasteiger partial charge in [-0.25, -0.2) is 9.18 Å². The highest BCUT2D eigenvalue weighted by Gasteiger charge is 2.19. The third-order valence-corrected chi connectivity index (χ3v) is 4.37. The maximum absolute atomic E-state index is 13.3. The molecule has 1 amide bonds. The summed E-state index contributed by atoms with van der Waals surface area (Å²) in [7, 11) is 2.98. The predicted octanol–water partition coefficient (Wildman–Crippen LogP) is 4.34. The van der Waals surface area contributed by atoms with E-state index in [9.17, 15) is 14.0 Å². The van der Waals surface area contributed by atoms with Crippen molar-refractivity contribution in [1.29, 1.82) is 0 Å². The standard InChI is InChI=1S/C22H25ClFNO5/c1-14(2)12-29-21-18(23)9-16(10-19(21)28-4)22(27)30-13-20(26)25(3)11-15-6-5-7-17(24)8-15/h5-10,14H,11-13H2,1-4H3. The molecule has 2 aromatic carbocycles. The Morgan fingerprint density at radius 1 is 1.20 bits per heavy atom. The van der Waals surface area contributed by atoms with Crippen molar-refractivity contribution in [3.05, 3.63) is 58.4 Å². The lowest BCUT2D eigenvalue weighted by atomic mass is 10.2. The lowest BCUT2D eigenvalue weighted by molar-refractivity contribution is -0.133. The van der Waals surface area contributed by atoms with Crippen molar-refractivity contribution in [2.24, 2.45) is 5.92 Å². The number of esters is 1. The number of benzene rings is 2. The Morgan fingerprint density at radius 2 is 1.93 bits per heavy atom. The predicted molar refractivity (Wildman–Crippen MR) is 111 cm³/mol. The molecule has 30 heavy (non-hydrogen) atoms. The lowest BCUT2D eigenvalue weighted by Gasteiger charge is -2.18. The lowest BCUT2D eigenvalue weighted by Crippen LogP contribution is -2.30. The number of likely N-dealkylation sites (N-methyl/N-ethyl adjacent to an activating group) is 1. The summed E-state index contributed by atoms with van der Waals surface area (Å²) in [5.41, 5.74) is 0.764. The van der Waals surface area contributed by atoms with E-state index in [1.54, 1.807) is 19.2 Å². The van der Waals surface area contributed by atoms with Crippen LogP contribution >= 0.6 is 11.6 Å². The molecular formula is C22H25ClFNO5. The van der Waals surface area contributed by atoms with Crippen molar-refractivity contribution in [3.8, 4) is 11.5 Å². The number of ether oxygens (including phenoxy) is 3. The van der Waals surface area contributed by atoms with Gasteiger partial charge in [0.1, 0.15) is 5.82 Å². The van der Waals surface area contributed by atoms with Crippen LogP contribution in [-0.2, 0) is 16.1 Å². The summed E-state index contributed by atoms with van der Waals surface area (Å²) in [5.74, 6) is -0.613. The highest BCUT2D eigenvalue weighted by Crippen LogP contribution is 2.36. The average molecular weight is 438 g/mol. The van der Waals surface area contributed by atoms with Crippen LogP contribution in [0, 0.1) is 11.7 Å². The molecule has 0 aliphatic heterocycles. The maximum atomic E-state index is 13.3. The molecule has 0 heterocycles. The summed E-state index contributed by atoms with van der Waals surface area (Å²) in [6, 6.07) is 8.79. The highest BCUT2D eigenvalue weighted by atomic mass is 35.5. The van der Waals surface area contributed by atoms with Gasteiger partial charge in [0.05, 0.1) is 24.3 Å². The fourth-order valence-corrected chi connectivity index (χ4v) is 2.81. The first-order chi connectivity index (χ1) is 14.2. The zero-order valence-corrected chi connectivity index (χ0v) is 18.2. The fourth-order valence-electron chi connectivity index (χ4n) is 2.55. The van der Waals surface area contributed by atoms with Crippen LogP contribution in [0.5, 0.6) is 11.5 Å². The Kier molecular flexibility index (Phi) is 8.47. The minimum Gasteiger partial charge on any atom is -0.493 e. The molecule has 2 rings (SSSR count). The first-order valence-electron chi connectivity index (χ1n) is 9.37. The first-order valence-corrected chi connectivity index (χ1v) is 9.75. The largest absolute Gasteiger partial charge is 0.493 e. The van der Waals surface area contributed by atoms with Gasteiger partial charge in [0.15, 0.2) is 18.1 Å². The molecular weight excluding hydrogens is 413 g/mol. The van der Waals surface area contributed by atoms with E-state index >= 15 is 0 Å². The van der Waals surface area contributed by atoms with Gasteiger partial charge in [0.2, 0.25) is 0 Å². The van der Waals surface area contributed by atoms with Gasteiger partial charge >= 0.3 is 5.97 Å². The molecule has 2 aromatic rings. The minimum atomic E-state index is -0.724. The van der Waals surface area contributed by atoms with E-state index in [0.29, 0.717) is 23.7 Å². The number of methoxy groups -OCH3 is 1. The monoisotopic (exact) mass is 437 g/mol. The van der Waals surface area contributed by atoms with E-state index in [1.165, 1.54) is 36.3 Å². The molecule has 0 radical (unpaired) electrons. The van der Waals surface area contributed by atoms with Crippen LogP contribution in [0.25, 0.3) is 0 Å². The summed E-state index contributed by atoms with van der Waals surface area (Å²) in [5, 5.41) is 0.205. The number of carbonyl (C=O) groups is 2. The molecule has 0 fully saturated rings. The van der Waals surface area contributed by atoms with Crippen LogP contribution in [0.4, 0.5) is 4.39 Å². The van der Waals surface area contributed by atoms with E-state index in [-0.39, 0.29) is 28.9 Å². The summed E-state index contributed by atoms with van der Waals surface area (Å²) < 4.78 is 29.3. The molecule has 0 atom stereocenters. The van der Waals surface area contributed by atoms with Gasteiger partial charge in [0, 0.05) is 13.6 Å². The van der Waals surface area contributed by atoms with Gasteiger partial charge in [-0.2, -0.15) is 0 Å². The number of nitrogens with zero attached hydrogens (tertiary/aromatic N) is 1. The van der Waals surface area contributed by atoms with Gasteiger partial charge in [0.25, 0.3) is 5.91 Å². The third kappa shape index (κ3) is 6.62. The molecule has 6 nitrogen and oxygen atoms in total. The van der Waals surface area contributed by atoms with Gasteiger partial charge in [-0.3, -0.25) is 4.79 Å². The summed E-state index contributed by atoms with van der Waals surface area (Å²) >= 11 is 6.24. The van der Waals surface area contributed by atoms with Crippen molar-refractivity contribution in [2.75, 3.05) is 27.4 Å². The van der Waals surface area contributed by atoms with E-state index in [0.717, 1.165) is 0 Å². The Labute approximate surface area is 180 Å². The summed E-state index contributed by atoms with van der Waals surface area (Å²) in [4.78, 5) is 26.0. The van der Waals surface area contributed by atoms with Crippen LogP contribution in [0.2, 0.25) is 5.02 Å².